The zero-order chi connectivity index (χ0) is 19.5. The van der Waals surface area contributed by atoms with Crippen LogP contribution in [0.4, 0.5) is 0 Å². The van der Waals surface area contributed by atoms with E-state index in [1.807, 2.05) is 12.1 Å². The number of nitrogens with one attached hydrogen (secondary N) is 1. The third-order valence-corrected chi connectivity index (χ3v) is 5.23. The summed E-state index contributed by atoms with van der Waals surface area (Å²) in [5.74, 6) is 0. The molecule has 0 unspecified atom stereocenters. The first-order valence-electron chi connectivity index (χ1n) is 9.87. The average molecular weight is 371 g/mol. The molecule has 1 nitrogen and oxygen atoms in total. The topological polar surface area (TPSA) is 15.8 Å². The molecule has 1 heterocycles. The highest BCUT2D eigenvalue weighted by Gasteiger charge is 2.01. The first kappa shape index (κ1) is 17.3. The van der Waals surface area contributed by atoms with Crippen LogP contribution >= 0.6 is 0 Å². The molecular weight excluding hydrogens is 350 g/mol. The van der Waals surface area contributed by atoms with Crippen LogP contribution < -0.4 is 0 Å². The molecule has 1 aromatic heterocycles. The third-order valence-electron chi connectivity index (χ3n) is 5.23. The van der Waals surface area contributed by atoms with Crippen LogP contribution in [0.1, 0.15) is 0 Å². The van der Waals surface area contributed by atoms with Crippen molar-refractivity contribution in [2.24, 2.45) is 0 Å². The number of H-pyrrole nitrogens is 1. The molecule has 0 saturated heterocycles. The number of aromatic amines is 1. The summed E-state index contributed by atoms with van der Waals surface area (Å²) in [6, 6.07) is 42.3. The lowest BCUT2D eigenvalue weighted by molar-refractivity contribution is 1.45. The fraction of sp³-hybridized carbons (Fsp3) is 0. The van der Waals surface area contributed by atoms with E-state index in [0.29, 0.717) is 0 Å². The third kappa shape index (κ3) is 3.63. The zero-order valence-corrected chi connectivity index (χ0v) is 16.0. The molecule has 0 bridgehead atoms. The first-order valence-corrected chi connectivity index (χ1v) is 9.87. The lowest BCUT2D eigenvalue weighted by Gasteiger charge is -2.00. The predicted molar refractivity (Wildman–Crippen MR) is 125 cm³/mol. The lowest BCUT2D eigenvalue weighted by atomic mass is 10.0. The Morgan fingerprint density at radius 2 is 0.828 bits per heavy atom. The first-order chi connectivity index (χ1) is 14.4. The standard InChI is InChI=1S/C14H11N.C14H10/c1-2-6-11(7-3-1)14-10-12-8-4-5-9-13(12)15-14;1-2-6-12-10-14-8-4-3-7-13(14)9-11(12)5-1/h1-10,15H;1-10H. The second-order valence-corrected chi connectivity index (χ2v) is 7.18. The summed E-state index contributed by atoms with van der Waals surface area (Å²) in [4.78, 5) is 3.41. The van der Waals surface area contributed by atoms with E-state index in [0.717, 1.165) is 0 Å². The van der Waals surface area contributed by atoms with Gasteiger partial charge in [0.15, 0.2) is 0 Å². The van der Waals surface area contributed by atoms with Crippen LogP contribution in [-0.2, 0) is 0 Å². The van der Waals surface area contributed by atoms with E-state index < -0.39 is 0 Å². The molecule has 1 heteroatoms. The molecule has 0 radical (unpaired) electrons. The van der Waals surface area contributed by atoms with Crippen molar-refractivity contribution >= 4 is 32.4 Å². The van der Waals surface area contributed by atoms with Gasteiger partial charge in [-0.25, -0.2) is 0 Å². The lowest BCUT2D eigenvalue weighted by Crippen LogP contribution is -1.74. The van der Waals surface area contributed by atoms with Gasteiger partial charge in [-0.05, 0) is 51.4 Å². The number of aromatic nitrogens is 1. The van der Waals surface area contributed by atoms with Crippen LogP contribution in [0.5, 0.6) is 0 Å². The summed E-state index contributed by atoms with van der Waals surface area (Å²) < 4.78 is 0. The van der Waals surface area contributed by atoms with Crippen molar-refractivity contribution in [2.45, 2.75) is 0 Å². The van der Waals surface area contributed by atoms with Crippen LogP contribution in [0.15, 0.2) is 121 Å². The molecule has 0 aliphatic carbocycles. The molecule has 0 amide bonds. The SMILES string of the molecule is c1ccc(-c2cc3ccccc3[nH]2)cc1.c1ccc2cc3ccccc3cc2c1. The van der Waals surface area contributed by atoms with E-state index in [4.69, 9.17) is 0 Å². The highest BCUT2D eigenvalue weighted by Crippen LogP contribution is 2.23. The number of hydrogen-bond acceptors (Lipinski definition) is 0. The number of hydrogen-bond donors (Lipinski definition) is 1. The van der Waals surface area contributed by atoms with Gasteiger partial charge >= 0.3 is 0 Å². The van der Waals surface area contributed by atoms with Gasteiger partial charge in [0.2, 0.25) is 0 Å². The Bertz CT molecular complexity index is 1260. The summed E-state index contributed by atoms with van der Waals surface area (Å²) >= 11 is 0. The Morgan fingerprint density at radius 3 is 1.34 bits per heavy atom. The van der Waals surface area contributed by atoms with Crippen LogP contribution in [0.3, 0.4) is 0 Å². The fourth-order valence-electron chi connectivity index (χ4n) is 3.73. The van der Waals surface area contributed by atoms with E-state index in [-0.39, 0.29) is 0 Å². The van der Waals surface area contributed by atoms with Crippen molar-refractivity contribution < 1.29 is 0 Å². The largest absolute Gasteiger partial charge is 0.355 e. The average Bonchev–Trinajstić information content (AvgIpc) is 3.23. The van der Waals surface area contributed by atoms with Crippen LogP contribution in [0, 0.1) is 0 Å². The molecule has 0 saturated carbocycles. The monoisotopic (exact) mass is 371 g/mol. The van der Waals surface area contributed by atoms with Gasteiger partial charge < -0.3 is 4.98 Å². The maximum Gasteiger partial charge on any atom is 0.0464 e. The van der Waals surface area contributed by atoms with Gasteiger partial charge in [-0.15, -0.1) is 0 Å². The van der Waals surface area contributed by atoms with E-state index in [1.54, 1.807) is 0 Å². The van der Waals surface area contributed by atoms with Crippen molar-refractivity contribution in [2.75, 3.05) is 0 Å². The Morgan fingerprint density at radius 1 is 0.379 bits per heavy atom. The minimum atomic E-state index is 1.18. The molecule has 5 aromatic carbocycles. The summed E-state index contributed by atoms with van der Waals surface area (Å²) in [7, 11) is 0. The maximum absolute atomic E-state index is 3.41. The molecular formula is C28H21N. The van der Waals surface area contributed by atoms with E-state index in [2.05, 4.69) is 114 Å². The summed E-state index contributed by atoms with van der Waals surface area (Å²) in [5.41, 5.74) is 3.60. The molecule has 6 aromatic rings. The molecule has 0 fully saturated rings. The van der Waals surface area contributed by atoms with E-state index in [9.17, 15) is 0 Å². The maximum atomic E-state index is 3.41. The quantitative estimate of drug-likeness (QED) is 0.283. The van der Waals surface area contributed by atoms with Gasteiger partial charge in [-0.2, -0.15) is 0 Å². The predicted octanol–water partition coefficient (Wildman–Crippen LogP) is 7.83. The van der Waals surface area contributed by atoms with Crippen LogP contribution in [0.25, 0.3) is 43.7 Å². The zero-order valence-electron chi connectivity index (χ0n) is 16.0. The van der Waals surface area contributed by atoms with Crippen molar-refractivity contribution in [3.8, 4) is 11.3 Å². The van der Waals surface area contributed by atoms with Gasteiger partial charge in [0.05, 0.1) is 0 Å². The molecule has 0 aliphatic rings. The fourth-order valence-corrected chi connectivity index (χ4v) is 3.73. The molecule has 1 N–H and O–H groups in total. The number of para-hydroxylation sites is 1. The van der Waals surface area contributed by atoms with Crippen LogP contribution in [-0.4, -0.2) is 4.98 Å². The summed E-state index contributed by atoms with van der Waals surface area (Å²) in [5, 5.41) is 6.51. The van der Waals surface area contributed by atoms with Crippen molar-refractivity contribution in [3.05, 3.63) is 121 Å². The number of rotatable bonds is 1. The Hall–Kier alpha value is -3.84. The van der Waals surface area contributed by atoms with Gasteiger partial charge in [0.1, 0.15) is 0 Å². The smallest absolute Gasteiger partial charge is 0.0464 e. The second kappa shape index (κ2) is 7.65. The number of fused-ring (bicyclic) bond motifs is 3. The Balaban J connectivity index is 0.000000125. The van der Waals surface area contributed by atoms with E-state index >= 15 is 0 Å². The highest BCUT2D eigenvalue weighted by atomic mass is 14.7. The van der Waals surface area contributed by atoms with Crippen molar-refractivity contribution in [1.29, 1.82) is 0 Å². The molecule has 29 heavy (non-hydrogen) atoms. The minimum absolute atomic E-state index is 1.18. The second-order valence-electron chi connectivity index (χ2n) is 7.18. The Labute approximate surface area is 170 Å². The molecule has 0 aliphatic heterocycles. The van der Waals surface area contributed by atoms with Gasteiger partial charge in [0, 0.05) is 16.6 Å². The van der Waals surface area contributed by atoms with Gasteiger partial charge in [-0.3, -0.25) is 0 Å². The van der Waals surface area contributed by atoms with Gasteiger partial charge in [0.25, 0.3) is 0 Å². The Kier molecular flexibility index (Phi) is 4.56. The van der Waals surface area contributed by atoms with Crippen molar-refractivity contribution in [1.82, 2.24) is 4.98 Å². The summed E-state index contributed by atoms with van der Waals surface area (Å²) in [6.07, 6.45) is 0. The minimum Gasteiger partial charge on any atom is -0.355 e. The summed E-state index contributed by atoms with van der Waals surface area (Å²) in [6.45, 7) is 0. The molecule has 0 atom stereocenters. The normalized spacial score (nSPS) is 10.8. The molecule has 0 spiro atoms. The van der Waals surface area contributed by atoms with Crippen molar-refractivity contribution in [3.63, 3.8) is 0 Å². The number of benzene rings is 5. The highest BCUT2D eigenvalue weighted by molar-refractivity contribution is 5.98. The molecule has 138 valence electrons. The molecule has 6 rings (SSSR count). The van der Waals surface area contributed by atoms with Gasteiger partial charge in [-0.1, -0.05) is 97.1 Å². The van der Waals surface area contributed by atoms with Crippen LogP contribution in [0.2, 0.25) is 0 Å². The van der Waals surface area contributed by atoms with E-state index in [1.165, 1.54) is 43.7 Å².